The highest BCUT2D eigenvalue weighted by Crippen LogP contribution is 2.40. The van der Waals surface area contributed by atoms with Gasteiger partial charge in [0.15, 0.2) is 28.3 Å². The van der Waals surface area contributed by atoms with Gasteiger partial charge in [0, 0.05) is 47.7 Å². The van der Waals surface area contributed by atoms with Gasteiger partial charge >= 0.3 is 31.1 Å². The Balaban J connectivity index is 0.000000179. The maximum Gasteiger partial charge on any atom is 0.517 e. The van der Waals surface area contributed by atoms with Crippen molar-refractivity contribution in [3.05, 3.63) is 157 Å². The Bertz CT molecular complexity index is 3630. The Hall–Kier alpha value is -7.25. The predicted molar refractivity (Wildman–Crippen MR) is 301 cm³/mol. The monoisotopic (exact) mass is 1200 g/mol. The van der Waals surface area contributed by atoms with Gasteiger partial charge in [-0.1, -0.05) is 71.9 Å². The lowest BCUT2D eigenvalue weighted by molar-refractivity contribution is -0.0462. The second-order valence-corrected chi connectivity index (χ2v) is 35.0. The summed E-state index contributed by atoms with van der Waals surface area (Å²) < 4.78 is 137. The first-order valence-corrected chi connectivity index (χ1v) is 33.6. The number of phenolic OH excluding ortho intramolecular Hbond substituents is 1. The lowest BCUT2D eigenvalue weighted by Gasteiger charge is -2.36. The molecule has 0 saturated heterocycles. The van der Waals surface area contributed by atoms with Crippen molar-refractivity contribution in [1.29, 1.82) is 0 Å². The number of hydrogen-bond donors (Lipinski definition) is 1. The van der Waals surface area contributed by atoms with E-state index in [4.69, 9.17) is 18.8 Å². The zero-order valence-electron chi connectivity index (χ0n) is 46.1. The van der Waals surface area contributed by atoms with E-state index in [1.54, 1.807) is 40.1 Å². The SMILES string of the molecule is CC(C)(C)[Si](C)(C)OCc1cccc(-n2ncc3c(-n4cccn4)cc(O)cc32)n1.Cc1cc(-n2cccn2)c2cnn(-c3cccc(CO[Si](C)(C)C(C)(C)C)n3)c2c1.O=S(=O)(N(c1ccccc1)S(=O)(=O)C(F)(F)F)C(F)(F)F. The summed E-state index contributed by atoms with van der Waals surface area (Å²) in [5.41, 5.74) is -7.32. The highest BCUT2D eigenvalue weighted by atomic mass is 32.3. The van der Waals surface area contributed by atoms with E-state index in [0.29, 0.717) is 31.2 Å². The standard InChI is InChI=1S/C23H29N5OSi.C22H27N5O2Si.C8H5F6NO4S2/c1-17-13-20(27-12-8-11-24-27)19-15-25-28(21(19)14-17)22-10-7-9-18(26-22)16-29-30(5,6)23(2,3)4;1-22(2,3)30(4,5)29-15-16-8-6-9-21(25-16)27-20-13-17(28)12-19(18(20)14-24-27)26-11-7-10-23-26;9-7(10,11)20(16,17)15(6-4-2-1-3-5-6)21(18,19)8(12,13)14/h7-15H,16H2,1-6H3;6-14,28H,15H2,1-5H3;1-5H. The fourth-order valence-corrected chi connectivity index (χ4v) is 11.9. The zero-order valence-corrected chi connectivity index (χ0v) is 49.7. The summed E-state index contributed by atoms with van der Waals surface area (Å²) in [6.45, 7) is 25.5. The summed E-state index contributed by atoms with van der Waals surface area (Å²) in [6, 6.07) is 27.1. The number of para-hydroxylation sites is 1. The number of aromatic nitrogens is 10. The van der Waals surface area contributed by atoms with Crippen molar-refractivity contribution >= 4 is 64.2 Å². The van der Waals surface area contributed by atoms with Gasteiger partial charge in [-0.3, -0.25) is 0 Å². The molecule has 6 aromatic heterocycles. The van der Waals surface area contributed by atoms with Crippen LogP contribution in [0.15, 0.2) is 140 Å². The van der Waals surface area contributed by atoms with Crippen LogP contribution in [-0.4, -0.2) is 98.7 Å². The molecule has 81 heavy (non-hydrogen) atoms. The topological polar surface area (TPSA) is 207 Å². The molecule has 6 heterocycles. The molecule has 18 nitrogen and oxygen atoms in total. The number of rotatable bonds is 13. The van der Waals surface area contributed by atoms with Gasteiger partial charge in [0.2, 0.25) is 0 Å². The van der Waals surface area contributed by atoms with Gasteiger partial charge < -0.3 is 14.0 Å². The average Bonchev–Trinajstić information content (AvgIpc) is 4.41. The molecule has 0 aliphatic rings. The van der Waals surface area contributed by atoms with Crippen molar-refractivity contribution in [2.75, 3.05) is 3.71 Å². The van der Waals surface area contributed by atoms with Gasteiger partial charge in [-0.25, -0.2) is 28.7 Å². The first kappa shape index (κ1) is 61.4. The second-order valence-electron chi connectivity index (χ2n) is 21.6. The van der Waals surface area contributed by atoms with E-state index in [2.05, 4.69) is 107 Å². The van der Waals surface area contributed by atoms with Crippen molar-refractivity contribution in [2.45, 2.75) is 109 Å². The molecular formula is C53H61F6N11O7S2Si2. The molecule has 9 aromatic rings. The Labute approximate surface area is 467 Å². The van der Waals surface area contributed by atoms with Crippen molar-refractivity contribution in [2.24, 2.45) is 0 Å². The molecule has 9 rings (SSSR count). The van der Waals surface area contributed by atoms with Gasteiger partial charge in [-0.05, 0) is 109 Å². The van der Waals surface area contributed by atoms with Crippen LogP contribution in [0.4, 0.5) is 32.0 Å². The normalized spacial score (nSPS) is 13.0. The Morgan fingerprint density at radius 2 is 0.975 bits per heavy atom. The minimum atomic E-state index is -6.81. The number of pyridine rings is 2. The number of anilines is 1. The van der Waals surface area contributed by atoms with Gasteiger partial charge in [0.1, 0.15) is 5.75 Å². The summed E-state index contributed by atoms with van der Waals surface area (Å²) in [6.07, 6.45) is 10.9. The molecule has 0 radical (unpaired) electrons. The lowest BCUT2D eigenvalue weighted by atomic mass is 10.1. The number of nitrogens with zero attached hydrogens (tertiary/aromatic N) is 11. The van der Waals surface area contributed by atoms with Gasteiger partial charge in [0.05, 0.1) is 65.1 Å². The minimum absolute atomic E-state index is 0.142. The van der Waals surface area contributed by atoms with Crippen molar-refractivity contribution < 1.29 is 57.1 Å². The summed E-state index contributed by atoms with van der Waals surface area (Å²) >= 11 is 0. The summed E-state index contributed by atoms with van der Waals surface area (Å²) in [5.74, 6) is 1.61. The molecule has 0 fully saturated rings. The number of aromatic hydroxyl groups is 1. The number of benzene rings is 3. The van der Waals surface area contributed by atoms with Crippen LogP contribution in [0.1, 0.15) is 58.5 Å². The highest BCUT2D eigenvalue weighted by Gasteiger charge is 2.61. The van der Waals surface area contributed by atoms with Crippen LogP contribution < -0.4 is 3.71 Å². The number of sulfonamides is 2. The molecule has 0 unspecified atom stereocenters. The molecule has 432 valence electrons. The third-order valence-corrected chi connectivity index (χ3v) is 26.3. The molecule has 28 heteroatoms. The molecule has 1 N–H and O–H groups in total. The quantitative estimate of drug-likeness (QED) is 0.0843. The smallest absolute Gasteiger partial charge is 0.508 e. The van der Waals surface area contributed by atoms with Crippen LogP contribution in [0.5, 0.6) is 5.75 Å². The minimum Gasteiger partial charge on any atom is -0.508 e. The van der Waals surface area contributed by atoms with Crippen LogP contribution >= 0.6 is 0 Å². The number of halogens is 6. The van der Waals surface area contributed by atoms with Crippen LogP contribution in [0, 0.1) is 6.92 Å². The lowest BCUT2D eigenvalue weighted by Crippen LogP contribution is -2.49. The Morgan fingerprint density at radius 1 is 0.556 bits per heavy atom. The van der Waals surface area contributed by atoms with Crippen molar-refractivity contribution in [3.8, 4) is 28.8 Å². The molecule has 0 atom stereocenters. The zero-order chi connectivity index (χ0) is 59.7. The van der Waals surface area contributed by atoms with E-state index in [-0.39, 0.29) is 15.8 Å². The Kier molecular flexibility index (Phi) is 17.4. The molecular weight excluding hydrogens is 1140 g/mol. The Morgan fingerprint density at radius 3 is 1.37 bits per heavy atom. The van der Waals surface area contributed by atoms with Crippen molar-refractivity contribution in [3.63, 3.8) is 0 Å². The fraction of sp³-hybridized carbons (Fsp3) is 0.321. The van der Waals surface area contributed by atoms with E-state index in [0.717, 1.165) is 74.1 Å². The molecule has 0 bridgehead atoms. The molecule has 0 aliphatic heterocycles. The fourth-order valence-electron chi connectivity index (χ4n) is 7.32. The van der Waals surface area contributed by atoms with E-state index in [9.17, 15) is 48.3 Å². The van der Waals surface area contributed by atoms with E-state index >= 15 is 0 Å². The number of fused-ring (bicyclic) bond motifs is 2. The van der Waals surface area contributed by atoms with Crippen LogP contribution in [0.3, 0.4) is 0 Å². The number of hydrogen-bond acceptors (Lipinski definition) is 13. The molecule has 0 spiro atoms. The van der Waals surface area contributed by atoms with Gasteiger partial charge in [-0.15, -0.1) is 3.71 Å². The van der Waals surface area contributed by atoms with E-state index in [1.165, 1.54) is 0 Å². The number of aryl methyl sites for hydroxylation is 1. The maximum absolute atomic E-state index is 12.4. The third kappa shape index (κ3) is 13.4. The number of phenols is 1. The van der Waals surface area contributed by atoms with E-state index < -0.39 is 57.1 Å². The van der Waals surface area contributed by atoms with Crippen LogP contribution in [0.25, 0.3) is 44.8 Å². The second kappa shape index (κ2) is 23.0. The van der Waals surface area contributed by atoms with Gasteiger partial charge in [-0.2, -0.15) is 63.6 Å². The maximum atomic E-state index is 12.4. The summed E-state index contributed by atoms with van der Waals surface area (Å²) in [5, 5.41) is 30.4. The average molecular weight is 1200 g/mol. The van der Waals surface area contributed by atoms with E-state index in [1.807, 2.05) is 76.5 Å². The highest BCUT2D eigenvalue weighted by molar-refractivity contribution is 8.11. The van der Waals surface area contributed by atoms with Crippen molar-refractivity contribution in [1.82, 2.24) is 49.1 Å². The first-order chi connectivity index (χ1) is 37.5. The van der Waals surface area contributed by atoms with Gasteiger partial charge in [0.25, 0.3) is 0 Å². The summed E-state index contributed by atoms with van der Waals surface area (Å²) in [4.78, 5) is 9.61. The molecule has 0 amide bonds. The molecule has 3 aromatic carbocycles. The first-order valence-electron chi connectivity index (χ1n) is 24.9. The molecule has 0 aliphatic carbocycles. The summed E-state index contributed by atoms with van der Waals surface area (Å²) in [7, 11) is -17.3. The van der Waals surface area contributed by atoms with Crippen LogP contribution in [-0.2, 0) is 42.1 Å². The third-order valence-electron chi connectivity index (χ3n) is 13.7. The largest absolute Gasteiger partial charge is 0.517 e. The number of alkyl halides is 6. The predicted octanol–water partition coefficient (Wildman–Crippen LogP) is 12.5. The molecule has 0 saturated carbocycles. The van der Waals surface area contributed by atoms with Crippen LogP contribution in [0.2, 0.25) is 36.3 Å².